The van der Waals surface area contributed by atoms with Gasteiger partial charge >= 0.3 is 5.69 Å². The zero-order chi connectivity index (χ0) is 33.4. The van der Waals surface area contributed by atoms with E-state index in [-0.39, 0.29) is 30.8 Å². The summed E-state index contributed by atoms with van der Waals surface area (Å²) in [5.74, 6) is -1.49. The molecule has 0 fully saturated rings. The van der Waals surface area contributed by atoms with Gasteiger partial charge in [-0.25, -0.2) is 38.0 Å². The molecule has 0 aliphatic carbocycles. The second kappa shape index (κ2) is 14.9. The second-order valence-electron chi connectivity index (χ2n) is 11.2. The molecule has 3 aromatic carbocycles. The number of hydroxylamine groups is 1. The number of amides is 1. The predicted octanol–water partition coefficient (Wildman–Crippen LogP) is 2.44. The molecule has 47 heavy (non-hydrogen) atoms. The summed E-state index contributed by atoms with van der Waals surface area (Å²) in [6.07, 6.45) is 4.76. The minimum atomic E-state index is -1.74. The molecule has 1 amide bonds. The van der Waals surface area contributed by atoms with Crippen LogP contribution in [0, 0.1) is 11.6 Å². The van der Waals surface area contributed by atoms with Crippen molar-refractivity contribution in [2.45, 2.75) is 38.1 Å². The van der Waals surface area contributed by atoms with E-state index in [1.54, 1.807) is 48.9 Å². The van der Waals surface area contributed by atoms with Gasteiger partial charge in [0.15, 0.2) is 0 Å². The Morgan fingerprint density at radius 2 is 1.77 bits per heavy atom. The Labute approximate surface area is 268 Å². The summed E-state index contributed by atoms with van der Waals surface area (Å²) in [6.45, 7) is 0.979. The molecule has 246 valence electrons. The second-order valence-corrected chi connectivity index (χ2v) is 11.2. The van der Waals surface area contributed by atoms with E-state index >= 15 is 0 Å². The first-order valence-electron chi connectivity index (χ1n) is 14.7. The lowest BCUT2D eigenvalue weighted by Gasteiger charge is -2.33. The summed E-state index contributed by atoms with van der Waals surface area (Å²) in [4.78, 5) is 30.0. The number of carbonyl (C=O) groups excluding carboxylic acids is 1. The number of hydrogen-bond acceptors (Lipinski definition) is 9. The van der Waals surface area contributed by atoms with Gasteiger partial charge in [-0.1, -0.05) is 30.3 Å². The van der Waals surface area contributed by atoms with Crippen LogP contribution >= 0.6 is 0 Å². The van der Waals surface area contributed by atoms with Crippen LogP contribution in [0.5, 0.6) is 5.75 Å². The molecule has 1 unspecified atom stereocenters. The quantitative estimate of drug-likeness (QED) is 0.0883. The number of aromatic nitrogens is 6. The predicted molar refractivity (Wildman–Crippen MR) is 165 cm³/mol. The van der Waals surface area contributed by atoms with Crippen LogP contribution in [0.4, 0.5) is 8.78 Å². The van der Waals surface area contributed by atoms with Crippen molar-refractivity contribution in [2.24, 2.45) is 0 Å². The lowest BCUT2D eigenvalue weighted by molar-refractivity contribution is -0.128. The highest BCUT2D eigenvalue weighted by Gasteiger charge is 2.35. The molecule has 5 rings (SSSR count). The minimum Gasteiger partial charge on any atom is -0.494 e. The van der Waals surface area contributed by atoms with E-state index in [4.69, 9.17) is 9.94 Å². The van der Waals surface area contributed by atoms with Crippen molar-refractivity contribution in [2.75, 3.05) is 20.2 Å². The molecule has 0 aliphatic heterocycles. The Bertz CT molecular complexity index is 1830. The van der Waals surface area contributed by atoms with Gasteiger partial charge in [0.05, 0.1) is 25.3 Å². The molecular formula is C32H34F2N8O5. The van der Waals surface area contributed by atoms with Crippen LogP contribution in [0.1, 0.15) is 23.1 Å². The number of aliphatic hydroxyl groups is 1. The van der Waals surface area contributed by atoms with Crippen LogP contribution < -0.4 is 15.9 Å². The summed E-state index contributed by atoms with van der Waals surface area (Å²) < 4.78 is 38.3. The molecule has 2 heterocycles. The Morgan fingerprint density at radius 3 is 2.45 bits per heavy atom. The average Bonchev–Trinajstić information content (AvgIpc) is 3.69. The van der Waals surface area contributed by atoms with Gasteiger partial charge in [0.1, 0.15) is 42.0 Å². The van der Waals surface area contributed by atoms with Crippen molar-refractivity contribution < 1.29 is 28.6 Å². The number of benzene rings is 3. The van der Waals surface area contributed by atoms with Gasteiger partial charge in [-0.3, -0.25) is 14.9 Å². The number of aryl methyl sites for hydroxylation is 1. The fraction of sp³-hybridized carbons (Fsp3) is 0.281. The van der Waals surface area contributed by atoms with E-state index in [1.165, 1.54) is 39.0 Å². The molecule has 0 aliphatic rings. The van der Waals surface area contributed by atoms with E-state index in [0.29, 0.717) is 37.6 Å². The van der Waals surface area contributed by atoms with Crippen molar-refractivity contribution >= 4 is 5.91 Å². The van der Waals surface area contributed by atoms with Crippen LogP contribution in [0.15, 0.2) is 90.5 Å². The minimum absolute atomic E-state index is 0.00175. The number of halogens is 2. The zero-order valence-electron chi connectivity index (χ0n) is 25.5. The highest BCUT2D eigenvalue weighted by molar-refractivity contribution is 5.77. The number of nitrogens with zero attached hydrogens (tertiary/aromatic N) is 7. The van der Waals surface area contributed by atoms with Crippen molar-refractivity contribution in [1.29, 1.82) is 0 Å². The molecule has 3 N–H and O–H groups in total. The summed E-state index contributed by atoms with van der Waals surface area (Å²) in [5.41, 5.74) is 1.72. The monoisotopic (exact) mass is 648 g/mol. The number of hydrogen-bond donors (Lipinski definition) is 3. The third-order valence-electron chi connectivity index (χ3n) is 7.45. The first-order valence-corrected chi connectivity index (χ1v) is 14.7. The van der Waals surface area contributed by atoms with Crippen LogP contribution in [0.25, 0.3) is 5.69 Å². The molecule has 1 atom stereocenters. The highest BCUT2D eigenvalue weighted by Crippen LogP contribution is 2.28. The van der Waals surface area contributed by atoms with Crippen LogP contribution in [-0.4, -0.2) is 70.4 Å². The van der Waals surface area contributed by atoms with Gasteiger partial charge in [0, 0.05) is 37.7 Å². The number of ether oxygens (including phenoxy) is 1. The fourth-order valence-corrected chi connectivity index (χ4v) is 5.25. The third kappa shape index (κ3) is 8.52. The van der Waals surface area contributed by atoms with Gasteiger partial charge in [0.25, 0.3) is 0 Å². The van der Waals surface area contributed by atoms with E-state index in [2.05, 4.69) is 15.2 Å². The highest BCUT2D eigenvalue weighted by atomic mass is 19.1. The number of likely N-dealkylation sites (N-methyl/N-ethyl adjacent to an activating group) is 1. The average molecular weight is 649 g/mol. The summed E-state index contributed by atoms with van der Waals surface area (Å²) in [7, 11) is 1.77. The lowest BCUT2D eigenvalue weighted by Crippen LogP contribution is -2.43. The number of nitrogens with one attached hydrogen (secondary N) is 1. The fourth-order valence-electron chi connectivity index (χ4n) is 5.25. The molecule has 0 radical (unpaired) electrons. The first-order chi connectivity index (χ1) is 22.6. The molecule has 2 aromatic heterocycles. The zero-order valence-corrected chi connectivity index (χ0v) is 25.5. The standard InChI is InChI=1S/C32H34F2N8O5/c1-39(18-32(45,19-40-21-35-20-36-40)28-12-7-25(33)16-29(28)34)17-24-3-8-26(9-4-24)41-22-37-42(31(41)44)13-2-14-47-27-10-5-23(6-11-27)15-30(43)38-46/h3-12,16,20-22,45-46H,2,13-15,17-19H2,1H3,(H,38,43). The molecular weight excluding hydrogens is 614 g/mol. The van der Waals surface area contributed by atoms with Gasteiger partial charge in [-0.15, -0.1) is 0 Å². The van der Waals surface area contributed by atoms with Crippen LogP contribution in [-0.2, 0) is 36.5 Å². The molecule has 0 bridgehead atoms. The smallest absolute Gasteiger partial charge is 0.350 e. The number of carbonyl (C=O) groups is 1. The van der Waals surface area contributed by atoms with Crippen molar-refractivity contribution in [3.8, 4) is 11.4 Å². The van der Waals surface area contributed by atoms with Gasteiger partial charge in [0.2, 0.25) is 5.91 Å². The molecule has 0 spiro atoms. The summed E-state index contributed by atoms with van der Waals surface area (Å²) >= 11 is 0. The molecule has 5 aromatic rings. The van der Waals surface area contributed by atoms with Crippen LogP contribution in [0.2, 0.25) is 0 Å². The third-order valence-corrected chi connectivity index (χ3v) is 7.45. The maximum atomic E-state index is 14.8. The summed E-state index contributed by atoms with van der Waals surface area (Å²) in [6, 6.07) is 17.3. The van der Waals surface area contributed by atoms with E-state index in [0.717, 1.165) is 23.3 Å². The summed E-state index contributed by atoms with van der Waals surface area (Å²) in [5, 5.41) is 28.5. The van der Waals surface area contributed by atoms with E-state index < -0.39 is 23.1 Å². The van der Waals surface area contributed by atoms with Gasteiger partial charge < -0.3 is 9.84 Å². The molecule has 15 heteroatoms. The molecule has 13 nitrogen and oxygen atoms in total. The molecule has 0 saturated heterocycles. The van der Waals surface area contributed by atoms with Crippen molar-refractivity contribution in [3.63, 3.8) is 0 Å². The largest absolute Gasteiger partial charge is 0.494 e. The van der Waals surface area contributed by atoms with Crippen molar-refractivity contribution in [1.82, 2.24) is 39.5 Å². The molecule has 0 saturated carbocycles. The Hall–Kier alpha value is -5.25. The normalized spacial score (nSPS) is 12.6. The van der Waals surface area contributed by atoms with E-state index in [1.807, 2.05) is 17.0 Å². The Balaban J connectivity index is 1.16. The van der Waals surface area contributed by atoms with Gasteiger partial charge in [-0.2, -0.15) is 10.2 Å². The van der Waals surface area contributed by atoms with E-state index in [9.17, 15) is 23.5 Å². The SMILES string of the molecule is CN(Cc1ccc(-n2cnn(CCCOc3ccc(CC(=O)NO)cc3)c2=O)cc1)CC(O)(Cn1cncn1)c1ccc(F)cc1F. The number of rotatable bonds is 15. The van der Waals surface area contributed by atoms with Crippen LogP contribution in [0.3, 0.4) is 0 Å². The first kappa shape index (κ1) is 33.1. The van der Waals surface area contributed by atoms with Gasteiger partial charge in [-0.05, 0) is 48.5 Å². The lowest BCUT2D eigenvalue weighted by atomic mass is 9.92. The maximum absolute atomic E-state index is 14.8. The van der Waals surface area contributed by atoms with Crippen molar-refractivity contribution in [3.05, 3.63) is 125 Å². The maximum Gasteiger partial charge on any atom is 0.350 e. The topological polar surface area (TPSA) is 153 Å². The Kier molecular flexibility index (Phi) is 10.5. The Morgan fingerprint density at radius 1 is 1.02 bits per heavy atom.